The van der Waals surface area contributed by atoms with Crippen molar-refractivity contribution in [3.05, 3.63) is 58.4 Å². The van der Waals surface area contributed by atoms with Crippen molar-refractivity contribution < 1.29 is 17.6 Å². The van der Waals surface area contributed by atoms with Gasteiger partial charge in [0.2, 0.25) is 10.0 Å². The van der Waals surface area contributed by atoms with E-state index in [-0.39, 0.29) is 21.2 Å². The van der Waals surface area contributed by atoms with Gasteiger partial charge in [-0.3, -0.25) is 4.79 Å². The van der Waals surface area contributed by atoms with Crippen molar-refractivity contribution in [2.24, 2.45) is 0 Å². The van der Waals surface area contributed by atoms with Crippen LogP contribution in [0, 0.1) is 12.7 Å². The zero-order chi connectivity index (χ0) is 20.3. The van der Waals surface area contributed by atoms with Gasteiger partial charge in [-0.25, -0.2) is 12.8 Å². The minimum absolute atomic E-state index is 0.0120. The standard InChI is InChI=1S/C20H22ClFN2O3S/c1-14-9-10-15(23-20(25)19-16(21)7-6-8-17(19)22)13-18(14)28(26,27)24-11-4-2-3-5-12-24/h6-10,13H,2-5,11-12H2,1H3,(H,23,25). The molecule has 0 spiro atoms. The van der Waals surface area contributed by atoms with Crippen molar-refractivity contribution >= 4 is 33.2 Å². The summed E-state index contributed by atoms with van der Waals surface area (Å²) in [5.74, 6) is -1.47. The number of hydrogen-bond acceptors (Lipinski definition) is 3. The molecular weight excluding hydrogens is 403 g/mol. The van der Waals surface area contributed by atoms with Gasteiger partial charge in [0.1, 0.15) is 5.82 Å². The van der Waals surface area contributed by atoms with E-state index < -0.39 is 21.7 Å². The summed E-state index contributed by atoms with van der Waals surface area (Å²) < 4.78 is 41.7. The Morgan fingerprint density at radius 1 is 1.11 bits per heavy atom. The third-order valence-electron chi connectivity index (χ3n) is 4.82. The third kappa shape index (κ3) is 4.37. The molecule has 0 aliphatic carbocycles. The van der Waals surface area contributed by atoms with Crippen molar-refractivity contribution in [2.45, 2.75) is 37.5 Å². The highest BCUT2D eigenvalue weighted by Crippen LogP contribution is 2.27. The molecule has 0 saturated carbocycles. The number of sulfonamides is 1. The molecule has 2 aromatic carbocycles. The van der Waals surface area contributed by atoms with Gasteiger partial charge in [-0.15, -0.1) is 0 Å². The maximum atomic E-state index is 14.0. The highest BCUT2D eigenvalue weighted by molar-refractivity contribution is 7.89. The lowest BCUT2D eigenvalue weighted by atomic mass is 10.1. The van der Waals surface area contributed by atoms with Crippen molar-refractivity contribution in [2.75, 3.05) is 18.4 Å². The predicted octanol–water partition coefficient (Wildman–Crippen LogP) is 4.60. The summed E-state index contributed by atoms with van der Waals surface area (Å²) in [5, 5.41) is 2.54. The van der Waals surface area contributed by atoms with Gasteiger partial charge in [0.15, 0.2) is 0 Å². The monoisotopic (exact) mass is 424 g/mol. The van der Waals surface area contributed by atoms with E-state index in [1.54, 1.807) is 19.1 Å². The number of nitrogens with zero attached hydrogens (tertiary/aromatic N) is 1. The Balaban J connectivity index is 1.90. The Bertz CT molecular complexity index is 967. The van der Waals surface area contributed by atoms with Gasteiger partial charge >= 0.3 is 0 Å². The molecule has 0 unspecified atom stereocenters. The Morgan fingerprint density at radius 3 is 2.43 bits per heavy atom. The van der Waals surface area contributed by atoms with Crippen LogP contribution in [0.25, 0.3) is 0 Å². The second-order valence-electron chi connectivity index (χ2n) is 6.85. The molecule has 150 valence electrons. The number of carbonyl (C=O) groups excluding carboxylic acids is 1. The number of aryl methyl sites for hydroxylation is 1. The van der Waals surface area contributed by atoms with Gasteiger partial charge in [-0.1, -0.05) is 36.6 Å². The average molecular weight is 425 g/mol. The quantitative estimate of drug-likeness (QED) is 0.779. The number of rotatable bonds is 4. The zero-order valence-corrected chi connectivity index (χ0v) is 17.1. The zero-order valence-electron chi connectivity index (χ0n) is 15.5. The van der Waals surface area contributed by atoms with Crippen molar-refractivity contribution in [3.63, 3.8) is 0 Å². The second kappa shape index (κ2) is 8.59. The van der Waals surface area contributed by atoms with Gasteiger partial charge in [0.05, 0.1) is 15.5 Å². The van der Waals surface area contributed by atoms with Gasteiger partial charge in [0, 0.05) is 18.8 Å². The van der Waals surface area contributed by atoms with Gasteiger partial charge in [-0.2, -0.15) is 4.31 Å². The number of amides is 1. The van der Waals surface area contributed by atoms with E-state index >= 15 is 0 Å². The van der Waals surface area contributed by atoms with E-state index in [1.165, 1.54) is 22.5 Å². The summed E-state index contributed by atoms with van der Waals surface area (Å²) in [6.45, 7) is 2.69. The Morgan fingerprint density at radius 2 is 1.79 bits per heavy atom. The van der Waals surface area contributed by atoms with Crippen molar-refractivity contribution in [1.82, 2.24) is 4.31 Å². The normalized spacial score (nSPS) is 15.8. The van der Waals surface area contributed by atoms with Gasteiger partial charge in [-0.05, 0) is 49.6 Å². The summed E-state index contributed by atoms with van der Waals surface area (Å²) >= 11 is 5.93. The first-order chi connectivity index (χ1) is 13.3. The molecule has 1 heterocycles. The first-order valence-electron chi connectivity index (χ1n) is 9.17. The first kappa shape index (κ1) is 20.8. The third-order valence-corrected chi connectivity index (χ3v) is 7.17. The molecule has 1 amide bonds. The van der Waals surface area contributed by atoms with Crippen LogP contribution in [0.2, 0.25) is 5.02 Å². The Hall–Kier alpha value is -1.96. The number of nitrogens with one attached hydrogen (secondary N) is 1. The molecule has 1 N–H and O–H groups in total. The van der Waals surface area contributed by atoms with E-state index in [9.17, 15) is 17.6 Å². The van der Waals surface area contributed by atoms with E-state index in [2.05, 4.69) is 5.32 Å². The summed E-state index contributed by atoms with van der Waals surface area (Å²) in [5.41, 5.74) is 0.580. The highest BCUT2D eigenvalue weighted by Gasteiger charge is 2.27. The molecule has 1 saturated heterocycles. The van der Waals surface area contributed by atoms with E-state index in [1.807, 2.05) is 0 Å². The van der Waals surface area contributed by atoms with Gasteiger partial charge in [0.25, 0.3) is 5.91 Å². The molecular formula is C20H22ClFN2O3S. The fourth-order valence-corrected chi connectivity index (χ4v) is 5.30. The fraction of sp³-hybridized carbons (Fsp3) is 0.350. The molecule has 3 rings (SSSR count). The molecule has 2 aromatic rings. The molecule has 0 atom stereocenters. The largest absolute Gasteiger partial charge is 0.322 e. The number of carbonyl (C=O) groups is 1. The summed E-state index contributed by atoms with van der Waals surface area (Å²) in [6, 6.07) is 8.61. The predicted molar refractivity (Wildman–Crippen MR) is 108 cm³/mol. The van der Waals surface area contributed by atoms with E-state index in [0.29, 0.717) is 18.7 Å². The molecule has 0 aromatic heterocycles. The molecule has 28 heavy (non-hydrogen) atoms. The number of anilines is 1. The topological polar surface area (TPSA) is 66.5 Å². The molecule has 8 heteroatoms. The highest BCUT2D eigenvalue weighted by atomic mass is 35.5. The van der Waals surface area contributed by atoms with Crippen LogP contribution < -0.4 is 5.32 Å². The lowest BCUT2D eigenvalue weighted by Gasteiger charge is -2.21. The molecule has 0 bridgehead atoms. The molecule has 5 nitrogen and oxygen atoms in total. The Kier molecular flexibility index (Phi) is 6.37. The van der Waals surface area contributed by atoms with Crippen LogP contribution in [0.1, 0.15) is 41.6 Å². The minimum atomic E-state index is -3.67. The molecule has 0 radical (unpaired) electrons. The van der Waals surface area contributed by atoms with Crippen LogP contribution in [0.5, 0.6) is 0 Å². The van der Waals surface area contributed by atoms with Crippen molar-refractivity contribution in [3.8, 4) is 0 Å². The Labute approximate surface area is 169 Å². The SMILES string of the molecule is Cc1ccc(NC(=O)c2c(F)cccc2Cl)cc1S(=O)(=O)N1CCCCCC1. The van der Waals surface area contributed by atoms with Crippen LogP contribution in [-0.4, -0.2) is 31.7 Å². The smallest absolute Gasteiger partial charge is 0.260 e. The molecule has 1 fully saturated rings. The van der Waals surface area contributed by atoms with E-state index in [4.69, 9.17) is 11.6 Å². The van der Waals surface area contributed by atoms with Crippen molar-refractivity contribution in [1.29, 1.82) is 0 Å². The molecule has 1 aliphatic rings. The maximum Gasteiger partial charge on any atom is 0.260 e. The van der Waals surface area contributed by atoms with Crippen LogP contribution in [0.4, 0.5) is 10.1 Å². The lowest BCUT2D eigenvalue weighted by molar-refractivity contribution is 0.102. The second-order valence-corrected chi connectivity index (χ2v) is 9.16. The maximum absolute atomic E-state index is 14.0. The lowest BCUT2D eigenvalue weighted by Crippen LogP contribution is -2.32. The van der Waals surface area contributed by atoms with Crippen LogP contribution >= 0.6 is 11.6 Å². The minimum Gasteiger partial charge on any atom is -0.322 e. The van der Waals surface area contributed by atoms with Crippen LogP contribution in [0.3, 0.4) is 0 Å². The van der Waals surface area contributed by atoms with Crippen LogP contribution in [0.15, 0.2) is 41.3 Å². The number of hydrogen-bond donors (Lipinski definition) is 1. The average Bonchev–Trinajstić information content (AvgIpc) is 2.93. The summed E-state index contributed by atoms with van der Waals surface area (Å²) in [7, 11) is -3.67. The van der Waals surface area contributed by atoms with Crippen LogP contribution in [-0.2, 0) is 10.0 Å². The number of benzene rings is 2. The molecule has 1 aliphatic heterocycles. The van der Waals surface area contributed by atoms with E-state index in [0.717, 1.165) is 31.7 Å². The summed E-state index contributed by atoms with van der Waals surface area (Å²) in [4.78, 5) is 12.6. The first-order valence-corrected chi connectivity index (χ1v) is 11.0. The summed E-state index contributed by atoms with van der Waals surface area (Å²) in [6.07, 6.45) is 3.70. The fourth-order valence-electron chi connectivity index (χ4n) is 3.29. The number of halogens is 2. The van der Waals surface area contributed by atoms with Gasteiger partial charge < -0.3 is 5.32 Å².